The van der Waals surface area contributed by atoms with Gasteiger partial charge in [0.2, 0.25) is 0 Å². The molecule has 0 atom stereocenters. The van der Waals surface area contributed by atoms with E-state index in [0.29, 0.717) is 0 Å². The Kier molecular flexibility index (Phi) is 3.77. The highest BCUT2D eigenvalue weighted by atomic mass is 35.5. The van der Waals surface area contributed by atoms with E-state index in [-0.39, 0.29) is 0 Å². The summed E-state index contributed by atoms with van der Waals surface area (Å²) in [5.74, 6) is 0.811. The van der Waals surface area contributed by atoms with Crippen LogP contribution in [-0.4, -0.2) is 7.11 Å². The number of hydrogen-bond donors (Lipinski definition) is 0. The number of rotatable bonds is 3. The quantitative estimate of drug-likeness (QED) is 0.599. The van der Waals surface area contributed by atoms with Crippen LogP contribution >= 0.6 is 22.9 Å². The summed E-state index contributed by atoms with van der Waals surface area (Å²) in [5.41, 5.74) is 3.31. The zero-order valence-corrected chi connectivity index (χ0v) is 12.5. The van der Waals surface area contributed by atoms with E-state index in [1.807, 2.05) is 30.3 Å². The zero-order chi connectivity index (χ0) is 13.9. The number of halogens is 1. The molecule has 100 valence electrons. The summed E-state index contributed by atoms with van der Waals surface area (Å²) in [6.45, 7) is 0. The van der Waals surface area contributed by atoms with Crippen molar-refractivity contribution in [2.45, 2.75) is 0 Å². The first-order valence-electron chi connectivity index (χ1n) is 6.26. The molecule has 0 amide bonds. The van der Waals surface area contributed by atoms with Crippen LogP contribution in [0.5, 0.6) is 5.75 Å². The van der Waals surface area contributed by atoms with Crippen LogP contribution in [-0.2, 0) is 0 Å². The summed E-state index contributed by atoms with van der Waals surface area (Å²) >= 11 is 8.10. The Balaban J connectivity index is 2.20. The van der Waals surface area contributed by atoms with Crippen molar-refractivity contribution < 1.29 is 4.74 Å². The molecule has 0 spiro atoms. The zero-order valence-electron chi connectivity index (χ0n) is 11.0. The third-order valence-electron chi connectivity index (χ3n) is 3.18. The highest BCUT2D eigenvalue weighted by molar-refractivity contribution is 7.13. The molecule has 1 heterocycles. The normalized spacial score (nSPS) is 10.5. The van der Waals surface area contributed by atoms with Crippen LogP contribution in [0.3, 0.4) is 0 Å². The van der Waals surface area contributed by atoms with Crippen molar-refractivity contribution in [3.05, 3.63) is 65.0 Å². The molecule has 0 unspecified atom stereocenters. The van der Waals surface area contributed by atoms with Gasteiger partial charge in [-0.2, -0.15) is 0 Å². The molecular formula is C17H13ClOS. The average molecular weight is 301 g/mol. The van der Waals surface area contributed by atoms with Gasteiger partial charge in [-0.3, -0.25) is 0 Å². The van der Waals surface area contributed by atoms with Crippen LogP contribution in [0.25, 0.3) is 21.6 Å². The maximum absolute atomic E-state index is 6.37. The molecule has 0 fully saturated rings. The molecule has 1 nitrogen and oxygen atoms in total. The molecule has 0 saturated carbocycles. The Hall–Kier alpha value is -1.77. The van der Waals surface area contributed by atoms with Crippen LogP contribution in [0.4, 0.5) is 0 Å². The lowest BCUT2D eigenvalue weighted by Crippen LogP contribution is -1.87. The summed E-state index contributed by atoms with van der Waals surface area (Å²) < 4.78 is 5.31. The van der Waals surface area contributed by atoms with E-state index in [0.717, 1.165) is 21.9 Å². The molecule has 2 aromatic carbocycles. The van der Waals surface area contributed by atoms with Gasteiger partial charge in [0.25, 0.3) is 0 Å². The lowest BCUT2D eigenvalue weighted by Gasteiger charge is -2.11. The Labute approximate surface area is 127 Å². The molecule has 0 radical (unpaired) electrons. The summed E-state index contributed by atoms with van der Waals surface area (Å²) in [7, 11) is 1.66. The largest absolute Gasteiger partial charge is 0.497 e. The summed E-state index contributed by atoms with van der Waals surface area (Å²) in [6, 6.07) is 18.2. The van der Waals surface area contributed by atoms with Crippen LogP contribution in [0.2, 0.25) is 5.02 Å². The number of benzene rings is 2. The Morgan fingerprint density at radius 1 is 0.900 bits per heavy atom. The molecule has 0 bridgehead atoms. The predicted molar refractivity (Wildman–Crippen MR) is 86.8 cm³/mol. The van der Waals surface area contributed by atoms with Crippen molar-refractivity contribution in [2.24, 2.45) is 0 Å². The third kappa shape index (κ3) is 2.45. The molecule has 3 heteroatoms. The van der Waals surface area contributed by atoms with Crippen LogP contribution in [0.15, 0.2) is 60.0 Å². The highest BCUT2D eigenvalue weighted by Gasteiger charge is 2.11. The topological polar surface area (TPSA) is 9.23 Å². The summed E-state index contributed by atoms with van der Waals surface area (Å²) in [5, 5.41) is 2.81. The fourth-order valence-electron chi connectivity index (χ4n) is 2.20. The van der Waals surface area contributed by atoms with E-state index in [1.54, 1.807) is 18.4 Å². The Morgan fingerprint density at radius 2 is 1.70 bits per heavy atom. The van der Waals surface area contributed by atoms with Crippen LogP contribution < -0.4 is 4.74 Å². The first kappa shape index (κ1) is 13.2. The lowest BCUT2D eigenvalue weighted by molar-refractivity contribution is 0.415. The van der Waals surface area contributed by atoms with Gasteiger partial charge in [-0.15, -0.1) is 11.3 Å². The van der Waals surface area contributed by atoms with Gasteiger partial charge < -0.3 is 4.74 Å². The van der Waals surface area contributed by atoms with Gasteiger partial charge in [0.15, 0.2) is 0 Å². The van der Waals surface area contributed by atoms with E-state index in [2.05, 4.69) is 29.6 Å². The van der Waals surface area contributed by atoms with E-state index >= 15 is 0 Å². The van der Waals surface area contributed by atoms with Gasteiger partial charge in [-0.25, -0.2) is 0 Å². The number of hydrogen-bond acceptors (Lipinski definition) is 2. The fourth-order valence-corrected chi connectivity index (χ4v) is 3.19. The SMILES string of the molecule is COc1ccc(Cl)c(-c2ccccc2-c2cccs2)c1. The number of methoxy groups -OCH3 is 1. The Bertz CT molecular complexity index is 720. The second-order valence-corrected chi connectivity index (χ2v) is 5.72. The van der Waals surface area contributed by atoms with Crippen molar-refractivity contribution in [3.63, 3.8) is 0 Å². The van der Waals surface area contributed by atoms with Gasteiger partial charge in [-0.1, -0.05) is 41.9 Å². The minimum absolute atomic E-state index is 0.731. The molecule has 0 aliphatic rings. The van der Waals surface area contributed by atoms with Crippen molar-refractivity contribution in [1.82, 2.24) is 0 Å². The third-order valence-corrected chi connectivity index (χ3v) is 4.41. The average Bonchev–Trinajstić information content (AvgIpc) is 3.02. The first-order valence-corrected chi connectivity index (χ1v) is 7.52. The fraction of sp³-hybridized carbons (Fsp3) is 0.0588. The molecular weight excluding hydrogens is 288 g/mol. The predicted octanol–water partition coefficient (Wildman–Crippen LogP) is 5.74. The molecule has 3 rings (SSSR count). The minimum atomic E-state index is 0.731. The lowest BCUT2D eigenvalue weighted by atomic mass is 9.98. The van der Waals surface area contributed by atoms with Crippen molar-refractivity contribution >= 4 is 22.9 Å². The molecule has 0 N–H and O–H groups in total. The van der Waals surface area contributed by atoms with E-state index < -0.39 is 0 Å². The molecule has 0 aliphatic heterocycles. The molecule has 3 aromatic rings. The minimum Gasteiger partial charge on any atom is -0.497 e. The maximum atomic E-state index is 6.37. The van der Waals surface area contributed by atoms with Crippen molar-refractivity contribution in [2.75, 3.05) is 7.11 Å². The van der Waals surface area contributed by atoms with Gasteiger partial charge in [0.1, 0.15) is 5.75 Å². The smallest absolute Gasteiger partial charge is 0.119 e. The molecule has 20 heavy (non-hydrogen) atoms. The van der Waals surface area contributed by atoms with E-state index in [9.17, 15) is 0 Å². The van der Waals surface area contributed by atoms with E-state index in [4.69, 9.17) is 16.3 Å². The van der Waals surface area contributed by atoms with Crippen molar-refractivity contribution in [3.8, 4) is 27.3 Å². The second-order valence-electron chi connectivity index (χ2n) is 4.37. The van der Waals surface area contributed by atoms with Gasteiger partial charge >= 0.3 is 0 Å². The monoisotopic (exact) mass is 300 g/mol. The van der Waals surface area contributed by atoms with Crippen LogP contribution in [0, 0.1) is 0 Å². The number of thiophene rings is 1. The molecule has 0 saturated heterocycles. The first-order chi connectivity index (χ1) is 9.79. The van der Waals surface area contributed by atoms with Crippen LogP contribution in [0.1, 0.15) is 0 Å². The molecule has 0 aliphatic carbocycles. The number of ether oxygens (including phenoxy) is 1. The van der Waals surface area contributed by atoms with Gasteiger partial charge in [-0.05, 0) is 40.8 Å². The Morgan fingerprint density at radius 3 is 2.40 bits per heavy atom. The van der Waals surface area contributed by atoms with Crippen molar-refractivity contribution in [1.29, 1.82) is 0 Å². The summed E-state index contributed by atoms with van der Waals surface area (Å²) in [4.78, 5) is 1.24. The molecule has 1 aromatic heterocycles. The van der Waals surface area contributed by atoms with E-state index in [1.165, 1.54) is 10.4 Å². The maximum Gasteiger partial charge on any atom is 0.119 e. The summed E-state index contributed by atoms with van der Waals surface area (Å²) in [6.07, 6.45) is 0. The van der Waals surface area contributed by atoms with Gasteiger partial charge in [0.05, 0.1) is 7.11 Å². The highest BCUT2D eigenvalue weighted by Crippen LogP contribution is 2.39. The van der Waals surface area contributed by atoms with Gasteiger partial charge in [0, 0.05) is 15.5 Å². The second kappa shape index (κ2) is 5.70. The standard InChI is InChI=1S/C17H13ClOS/c1-19-12-8-9-16(18)15(11-12)13-5-2-3-6-14(13)17-7-4-10-20-17/h2-11H,1H3.